The molecule has 0 radical (unpaired) electrons. The Morgan fingerprint density at radius 1 is 1.67 bits per heavy atom. The highest BCUT2D eigenvalue weighted by Gasteiger charge is 2.32. The molecule has 1 fully saturated rings. The number of halogens is 1. The van der Waals surface area contributed by atoms with Gasteiger partial charge >= 0.3 is 0 Å². The van der Waals surface area contributed by atoms with Crippen LogP contribution in [0.15, 0.2) is 11.4 Å². The van der Waals surface area contributed by atoms with Gasteiger partial charge < -0.3 is 4.57 Å². The zero-order valence-electron chi connectivity index (χ0n) is 10.3. The molecule has 1 N–H and O–H groups in total. The van der Waals surface area contributed by atoms with Gasteiger partial charge in [-0.1, -0.05) is 11.6 Å². The molecule has 2 heterocycles. The first kappa shape index (κ1) is 14.2. The van der Waals surface area contributed by atoms with Crippen LogP contribution in [0.3, 0.4) is 0 Å². The molecule has 5 nitrogen and oxygen atoms in total. The lowest BCUT2D eigenvalue weighted by molar-refractivity contribution is 0.550. The lowest BCUT2D eigenvalue weighted by Crippen LogP contribution is -2.37. The van der Waals surface area contributed by atoms with Gasteiger partial charge in [0.15, 0.2) is 0 Å². The fourth-order valence-corrected chi connectivity index (χ4v) is 4.80. The second-order valence-electron chi connectivity index (χ2n) is 4.68. The molecule has 1 saturated heterocycles. The SMILES string of the molecule is Cn1cnc(S(=O)(=O)NCC2(C)CCCS2)c1Cl. The van der Waals surface area contributed by atoms with E-state index in [1.54, 1.807) is 18.8 Å². The minimum atomic E-state index is -3.62. The van der Waals surface area contributed by atoms with Crippen molar-refractivity contribution in [2.75, 3.05) is 12.3 Å². The van der Waals surface area contributed by atoms with Gasteiger partial charge in [-0.25, -0.2) is 18.1 Å². The Labute approximate surface area is 116 Å². The molecule has 1 unspecified atom stereocenters. The molecule has 1 aromatic rings. The van der Waals surface area contributed by atoms with Crippen LogP contribution >= 0.6 is 23.4 Å². The van der Waals surface area contributed by atoms with E-state index in [1.165, 1.54) is 10.9 Å². The van der Waals surface area contributed by atoms with Crippen molar-refractivity contribution in [2.45, 2.75) is 29.5 Å². The summed E-state index contributed by atoms with van der Waals surface area (Å²) < 4.78 is 28.2. The molecular formula is C10H16ClN3O2S2. The van der Waals surface area contributed by atoms with Crippen molar-refractivity contribution in [1.29, 1.82) is 0 Å². The minimum Gasteiger partial charge on any atom is -0.324 e. The maximum absolute atomic E-state index is 12.1. The van der Waals surface area contributed by atoms with Crippen LogP contribution in [0.25, 0.3) is 0 Å². The van der Waals surface area contributed by atoms with Crippen molar-refractivity contribution in [3.05, 3.63) is 11.5 Å². The highest BCUT2D eigenvalue weighted by molar-refractivity contribution is 8.01. The molecule has 0 saturated carbocycles. The Morgan fingerprint density at radius 2 is 2.39 bits per heavy atom. The number of sulfonamides is 1. The lowest BCUT2D eigenvalue weighted by atomic mass is 10.1. The number of thioether (sulfide) groups is 1. The number of rotatable bonds is 4. The number of aryl methyl sites for hydroxylation is 1. The van der Waals surface area contributed by atoms with Crippen LogP contribution < -0.4 is 4.72 Å². The quantitative estimate of drug-likeness (QED) is 0.918. The summed E-state index contributed by atoms with van der Waals surface area (Å²) >= 11 is 7.70. The lowest BCUT2D eigenvalue weighted by Gasteiger charge is -2.22. The first-order chi connectivity index (χ1) is 8.34. The first-order valence-corrected chi connectivity index (χ1v) is 8.49. The molecule has 1 aliphatic heterocycles. The molecule has 1 aromatic heterocycles. The number of nitrogens with one attached hydrogen (secondary N) is 1. The molecule has 0 spiro atoms. The van der Waals surface area contributed by atoms with Gasteiger partial charge in [0.25, 0.3) is 10.0 Å². The van der Waals surface area contributed by atoms with E-state index in [0.29, 0.717) is 6.54 Å². The minimum absolute atomic E-state index is 0.0195. The molecule has 0 aromatic carbocycles. The van der Waals surface area contributed by atoms with E-state index in [1.807, 2.05) is 0 Å². The van der Waals surface area contributed by atoms with Crippen LogP contribution in [-0.2, 0) is 17.1 Å². The zero-order valence-corrected chi connectivity index (χ0v) is 12.7. The van der Waals surface area contributed by atoms with Crippen molar-refractivity contribution in [1.82, 2.24) is 14.3 Å². The maximum atomic E-state index is 12.1. The van der Waals surface area contributed by atoms with E-state index in [2.05, 4.69) is 16.6 Å². The summed E-state index contributed by atoms with van der Waals surface area (Å²) in [6, 6.07) is 0. The Morgan fingerprint density at radius 3 is 2.89 bits per heavy atom. The molecule has 0 amide bonds. The summed E-state index contributed by atoms with van der Waals surface area (Å²) in [5.74, 6) is 1.09. The normalized spacial score (nSPS) is 24.6. The Kier molecular flexibility index (Phi) is 3.96. The van der Waals surface area contributed by atoms with Gasteiger partial charge in [0.1, 0.15) is 5.15 Å². The van der Waals surface area contributed by atoms with Crippen LogP contribution in [0.5, 0.6) is 0 Å². The summed E-state index contributed by atoms with van der Waals surface area (Å²) in [4.78, 5) is 3.83. The molecule has 0 bridgehead atoms. The van der Waals surface area contributed by atoms with Crippen LogP contribution in [0, 0.1) is 0 Å². The molecule has 1 atom stereocenters. The number of nitrogens with zero attached hydrogens (tertiary/aromatic N) is 2. The van der Waals surface area contributed by atoms with Crippen molar-refractivity contribution in [3.8, 4) is 0 Å². The third kappa shape index (κ3) is 2.84. The van der Waals surface area contributed by atoms with Crippen molar-refractivity contribution in [2.24, 2.45) is 7.05 Å². The van der Waals surface area contributed by atoms with E-state index in [9.17, 15) is 8.42 Å². The molecule has 2 rings (SSSR count). The van der Waals surface area contributed by atoms with E-state index >= 15 is 0 Å². The summed E-state index contributed by atoms with van der Waals surface area (Å²) in [5, 5.41) is 0.0324. The molecule has 0 aliphatic carbocycles. The smallest absolute Gasteiger partial charge is 0.261 e. The summed E-state index contributed by atoms with van der Waals surface area (Å²) in [7, 11) is -1.97. The Hall–Kier alpha value is -0.240. The topological polar surface area (TPSA) is 64.0 Å². The van der Waals surface area contributed by atoms with Crippen LogP contribution in [-0.4, -0.2) is 35.0 Å². The van der Waals surface area contributed by atoms with E-state index < -0.39 is 10.0 Å². The average molecular weight is 310 g/mol. The summed E-state index contributed by atoms with van der Waals surface area (Å²) in [5.41, 5.74) is 0. The Bertz CT molecular complexity index is 535. The monoisotopic (exact) mass is 309 g/mol. The average Bonchev–Trinajstić information content (AvgIpc) is 2.86. The van der Waals surface area contributed by atoms with Gasteiger partial charge in [0, 0.05) is 18.3 Å². The van der Waals surface area contributed by atoms with Gasteiger partial charge in [-0.05, 0) is 25.5 Å². The predicted molar refractivity (Wildman–Crippen MR) is 73.5 cm³/mol. The second-order valence-corrected chi connectivity index (χ2v) is 8.40. The fourth-order valence-electron chi connectivity index (χ4n) is 1.87. The molecule has 1 aliphatic rings. The zero-order chi connectivity index (χ0) is 13.4. The molecule has 102 valence electrons. The van der Waals surface area contributed by atoms with E-state index in [-0.39, 0.29) is 14.9 Å². The van der Waals surface area contributed by atoms with Gasteiger partial charge in [0.2, 0.25) is 5.03 Å². The molecule has 8 heteroatoms. The first-order valence-electron chi connectivity index (χ1n) is 5.64. The van der Waals surface area contributed by atoms with Gasteiger partial charge in [-0.3, -0.25) is 0 Å². The highest BCUT2D eigenvalue weighted by Crippen LogP contribution is 2.37. The van der Waals surface area contributed by atoms with E-state index in [0.717, 1.165) is 18.6 Å². The maximum Gasteiger partial charge on any atom is 0.261 e. The van der Waals surface area contributed by atoms with Gasteiger partial charge in [-0.2, -0.15) is 11.8 Å². The number of hydrogen-bond acceptors (Lipinski definition) is 4. The summed E-state index contributed by atoms with van der Waals surface area (Å²) in [6.45, 7) is 2.49. The molecule has 18 heavy (non-hydrogen) atoms. The van der Waals surface area contributed by atoms with Gasteiger partial charge in [-0.15, -0.1) is 0 Å². The predicted octanol–water partition coefficient (Wildman–Crippen LogP) is 1.64. The van der Waals surface area contributed by atoms with Crippen molar-refractivity contribution < 1.29 is 8.42 Å². The van der Waals surface area contributed by atoms with Crippen LogP contribution in [0.4, 0.5) is 0 Å². The molecular weight excluding hydrogens is 294 g/mol. The highest BCUT2D eigenvalue weighted by atomic mass is 35.5. The third-order valence-corrected chi connectivity index (χ3v) is 6.45. The number of imidazole rings is 1. The summed E-state index contributed by atoms with van der Waals surface area (Å²) in [6.07, 6.45) is 3.55. The largest absolute Gasteiger partial charge is 0.324 e. The number of aromatic nitrogens is 2. The van der Waals surface area contributed by atoms with Gasteiger partial charge in [0.05, 0.1) is 6.33 Å². The fraction of sp³-hybridized carbons (Fsp3) is 0.700. The second kappa shape index (κ2) is 5.03. The number of hydrogen-bond donors (Lipinski definition) is 1. The van der Waals surface area contributed by atoms with E-state index in [4.69, 9.17) is 11.6 Å². The standard InChI is InChI=1S/C10H16ClN3O2S2/c1-10(4-3-5-17-10)6-13-18(15,16)9-8(11)14(2)7-12-9/h7,13H,3-6H2,1-2H3. The third-order valence-electron chi connectivity index (χ3n) is 3.03. The van der Waals surface area contributed by atoms with Crippen molar-refractivity contribution in [3.63, 3.8) is 0 Å². The Balaban J connectivity index is 2.10. The van der Waals surface area contributed by atoms with Crippen molar-refractivity contribution >= 4 is 33.4 Å². The van der Waals surface area contributed by atoms with Crippen LogP contribution in [0.1, 0.15) is 19.8 Å². The van der Waals surface area contributed by atoms with Crippen LogP contribution in [0.2, 0.25) is 5.15 Å².